The highest BCUT2D eigenvalue weighted by Crippen LogP contribution is 2.24. The van der Waals surface area contributed by atoms with E-state index in [1.54, 1.807) is 18.3 Å². The van der Waals surface area contributed by atoms with Crippen LogP contribution in [0.25, 0.3) is 33.8 Å². The van der Waals surface area contributed by atoms with E-state index < -0.39 is 0 Å². The molecular weight excluding hydrogens is 315 g/mol. The average Bonchev–Trinajstić information content (AvgIpc) is 3.26. The van der Waals surface area contributed by atoms with Gasteiger partial charge in [0, 0.05) is 29.5 Å². The minimum absolute atomic E-state index is 0.252. The number of halogens is 1. The number of benzene rings is 1. The Morgan fingerprint density at radius 1 is 0.880 bits per heavy atom. The lowest BCUT2D eigenvalue weighted by Crippen LogP contribution is -2.00. The van der Waals surface area contributed by atoms with Gasteiger partial charge >= 0.3 is 0 Å². The number of rotatable bonds is 2. The van der Waals surface area contributed by atoms with Crippen molar-refractivity contribution in [1.29, 1.82) is 0 Å². The predicted molar refractivity (Wildman–Crippen MR) is 95.2 cm³/mol. The minimum atomic E-state index is -0.252. The van der Waals surface area contributed by atoms with E-state index in [2.05, 4.69) is 9.97 Å². The predicted octanol–water partition coefficient (Wildman–Crippen LogP) is 4.48. The Balaban J connectivity index is 1.73. The zero-order valence-electron chi connectivity index (χ0n) is 13.2. The van der Waals surface area contributed by atoms with Crippen LogP contribution in [0.1, 0.15) is 0 Å². The fourth-order valence-corrected chi connectivity index (χ4v) is 3.10. The van der Waals surface area contributed by atoms with Crippen molar-refractivity contribution >= 4 is 16.7 Å². The first-order valence-electron chi connectivity index (χ1n) is 7.96. The van der Waals surface area contributed by atoms with Crippen molar-refractivity contribution < 1.29 is 4.39 Å². The van der Waals surface area contributed by atoms with E-state index in [-0.39, 0.29) is 5.82 Å². The number of imidazole rings is 1. The Morgan fingerprint density at radius 2 is 1.76 bits per heavy atom. The Bertz CT molecular complexity index is 1200. The summed E-state index contributed by atoms with van der Waals surface area (Å²) >= 11 is 0. The van der Waals surface area contributed by atoms with Crippen LogP contribution in [0, 0.1) is 5.82 Å². The van der Waals surface area contributed by atoms with E-state index in [0.29, 0.717) is 0 Å². The van der Waals surface area contributed by atoms with Crippen LogP contribution in [0.15, 0.2) is 79.3 Å². The number of nitrogens with zero attached hydrogens (tertiary/aromatic N) is 4. The summed E-state index contributed by atoms with van der Waals surface area (Å²) in [6.45, 7) is 0. The molecular formula is C20H13FN4. The Kier molecular flexibility index (Phi) is 2.94. The van der Waals surface area contributed by atoms with Crippen molar-refractivity contribution in [3.8, 4) is 17.1 Å². The van der Waals surface area contributed by atoms with Crippen molar-refractivity contribution in [2.24, 2.45) is 0 Å². The monoisotopic (exact) mass is 328 g/mol. The third kappa shape index (κ3) is 2.21. The van der Waals surface area contributed by atoms with Crippen LogP contribution in [-0.4, -0.2) is 18.9 Å². The maximum atomic E-state index is 13.2. The zero-order valence-corrected chi connectivity index (χ0v) is 13.2. The van der Waals surface area contributed by atoms with E-state index in [9.17, 15) is 4.39 Å². The number of hydrogen-bond acceptors (Lipinski definition) is 2. The van der Waals surface area contributed by atoms with Gasteiger partial charge in [0.25, 0.3) is 0 Å². The highest BCUT2D eigenvalue weighted by molar-refractivity contribution is 5.78. The van der Waals surface area contributed by atoms with E-state index in [0.717, 1.165) is 33.8 Å². The first-order valence-corrected chi connectivity index (χ1v) is 7.96. The second-order valence-electron chi connectivity index (χ2n) is 5.85. The molecule has 0 saturated heterocycles. The lowest BCUT2D eigenvalue weighted by molar-refractivity contribution is 0.628. The van der Waals surface area contributed by atoms with Crippen LogP contribution < -0.4 is 0 Å². The first-order chi connectivity index (χ1) is 12.3. The van der Waals surface area contributed by atoms with Gasteiger partial charge in [0.05, 0.1) is 5.69 Å². The van der Waals surface area contributed by atoms with Crippen LogP contribution in [0.4, 0.5) is 4.39 Å². The smallest absolute Gasteiger partial charge is 0.145 e. The molecule has 120 valence electrons. The maximum Gasteiger partial charge on any atom is 0.145 e. The van der Waals surface area contributed by atoms with Gasteiger partial charge in [-0.05, 0) is 54.6 Å². The highest BCUT2D eigenvalue weighted by Gasteiger charge is 2.10. The molecule has 0 saturated carbocycles. The van der Waals surface area contributed by atoms with Crippen LogP contribution in [-0.2, 0) is 0 Å². The molecule has 0 aliphatic carbocycles. The van der Waals surface area contributed by atoms with Gasteiger partial charge in [-0.2, -0.15) is 0 Å². The summed E-state index contributed by atoms with van der Waals surface area (Å²) in [6.07, 6.45) is 5.76. The molecule has 4 heterocycles. The van der Waals surface area contributed by atoms with Crippen LogP contribution in [0.2, 0.25) is 0 Å². The van der Waals surface area contributed by atoms with Crippen molar-refractivity contribution in [1.82, 2.24) is 18.9 Å². The molecule has 0 atom stereocenters. The summed E-state index contributed by atoms with van der Waals surface area (Å²) in [4.78, 5) is 9.16. The third-order valence-electron chi connectivity index (χ3n) is 4.31. The molecule has 0 fully saturated rings. The lowest BCUT2D eigenvalue weighted by atomic mass is 10.2. The first kappa shape index (κ1) is 13.9. The molecule has 0 aliphatic heterocycles. The van der Waals surface area contributed by atoms with Crippen molar-refractivity contribution in [2.45, 2.75) is 0 Å². The molecule has 5 heteroatoms. The van der Waals surface area contributed by atoms with Crippen LogP contribution in [0.5, 0.6) is 0 Å². The lowest BCUT2D eigenvalue weighted by Gasteiger charge is -2.07. The topological polar surface area (TPSA) is 35.1 Å². The molecule has 4 nitrogen and oxygen atoms in total. The highest BCUT2D eigenvalue weighted by atomic mass is 19.1. The zero-order chi connectivity index (χ0) is 16.8. The molecule has 25 heavy (non-hydrogen) atoms. The van der Waals surface area contributed by atoms with Crippen molar-refractivity contribution in [3.63, 3.8) is 0 Å². The second-order valence-corrected chi connectivity index (χ2v) is 5.85. The molecule has 5 aromatic rings. The van der Waals surface area contributed by atoms with Gasteiger partial charge in [-0.1, -0.05) is 6.07 Å². The molecule has 4 aromatic heterocycles. The molecule has 0 spiro atoms. The average molecular weight is 328 g/mol. The summed E-state index contributed by atoms with van der Waals surface area (Å²) in [5, 5.41) is 1.08. The quantitative estimate of drug-likeness (QED) is 0.479. The summed E-state index contributed by atoms with van der Waals surface area (Å²) in [7, 11) is 0. The number of fused-ring (bicyclic) bond motifs is 2. The fourth-order valence-electron chi connectivity index (χ4n) is 3.10. The van der Waals surface area contributed by atoms with E-state index >= 15 is 0 Å². The Labute approximate surface area is 142 Å². The Morgan fingerprint density at radius 3 is 2.64 bits per heavy atom. The number of hydrogen-bond donors (Lipinski definition) is 0. The van der Waals surface area contributed by atoms with Crippen LogP contribution in [0.3, 0.4) is 0 Å². The third-order valence-corrected chi connectivity index (χ3v) is 4.31. The largest absolute Gasteiger partial charge is 0.287 e. The standard InChI is InChI=1S/C20H13FN4/c21-16-8-6-14(7-9-16)17-13-25-18(23-17)4-1-5-19(25)24-12-10-15-3-2-11-22-20(15)24/h1-13H. The second kappa shape index (κ2) is 5.27. The summed E-state index contributed by atoms with van der Waals surface area (Å²) < 4.78 is 17.2. The normalized spacial score (nSPS) is 11.4. The van der Waals surface area contributed by atoms with E-state index in [1.165, 1.54) is 12.1 Å². The van der Waals surface area contributed by atoms with E-state index in [1.807, 2.05) is 57.8 Å². The number of pyridine rings is 2. The molecule has 5 rings (SSSR count). The van der Waals surface area contributed by atoms with Crippen molar-refractivity contribution in [3.05, 3.63) is 85.1 Å². The van der Waals surface area contributed by atoms with Gasteiger partial charge in [0.1, 0.15) is 22.9 Å². The minimum Gasteiger partial charge on any atom is -0.287 e. The van der Waals surface area contributed by atoms with Gasteiger partial charge in [-0.25, -0.2) is 14.4 Å². The molecule has 0 aliphatic rings. The molecule has 0 radical (unpaired) electrons. The van der Waals surface area contributed by atoms with Gasteiger partial charge in [0.2, 0.25) is 0 Å². The summed E-state index contributed by atoms with van der Waals surface area (Å²) in [5.74, 6) is 0.699. The van der Waals surface area contributed by atoms with E-state index in [4.69, 9.17) is 0 Å². The van der Waals surface area contributed by atoms with Crippen molar-refractivity contribution in [2.75, 3.05) is 0 Å². The fraction of sp³-hybridized carbons (Fsp3) is 0. The van der Waals surface area contributed by atoms with Crippen LogP contribution >= 0.6 is 0 Å². The molecule has 0 amide bonds. The molecule has 0 N–H and O–H groups in total. The van der Waals surface area contributed by atoms with Gasteiger partial charge in [-0.3, -0.25) is 8.97 Å². The molecule has 0 unspecified atom stereocenters. The Hall–Kier alpha value is -3.47. The molecule has 0 bridgehead atoms. The summed E-state index contributed by atoms with van der Waals surface area (Å²) in [5.41, 5.74) is 3.41. The maximum absolute atomic E-state index is 13.2. The number of aromatic nitrogens is 4. The summed E-state index contributed by atoms with van der Waals surface area (Å²) in [6, 6.07) is 18.3. The van der Waals surface area contributed by atoms with Gasteiger partial charge in [0.15, 0.2) is 0 Å². The van der Waals surface area contributed by atoms with Gasteiger partial charge < -0.3 is 0 Å². The molecule has 1 aromatic carbocycles. The van der Waals surface area contributed by atoms with Gasteiger partial charge in [-0.15, -0.1) is 0 Å². The SMILES string of the molecule is Fc1ccc(-c2cn3c(-n4ccc5cccnc54)cccc3n2)cc1.